The van der Waals surface area contributed by atoms with E-state index in [2.05, 4.69) is 36.5 Å². The number of hydrogen-bond donors (Lipinski definition) is 1. The molecule has 6 heteroatoms. The molecule has 138 valence electrons. The molecule has 1 aromatic carbocycles. The van der Waals surface area contributed by atoms with Crippen molar-refractivity contribution in [2.24, 2.45) is 0 Å². The number of nitrogens with zero attached hydrogens (tertiary/aromatic N) is 1. The normalized spacial score (nSPS) is 23.6. The van der Waals surface area contributed by atoms with Crippen molar-refractivity contribution in [1.29, 1.82) is 0 Å². The first-order valence-electron chi connectivity index (χ1n) is 9.11. The van der Waals surface area contributed by atoms with Gasteiger partial charge in [-0.05, 0) is 30.4 Å². The minimum Gasteiger partial charge on any atom is -0.370 e. The van der Waals surface area contributed by atoms with E-state index < -0.39 is 10.8 Å². The third-order valence-corrected chi connectivity index (χ3v) is 7.32. The van der Waals surface area contributed by atoms with Gasteiger partial charge in [-0.2, -0.15) is 0 Å². The zero-order chi connectivity index (χ0) is 17.9. The molecule has 2 atom stereocenters. The minimum absolute atomic E-state index is 0.0739. The van der Waals surface area contributed by atoms with Gasteiger partial charge in [0.05, 0.1) is 17.9 Å². The predicted octanol–water partition coefficient (Wildman–Crippen LogP) is 2.63. The predicted molar refractivity (Wildman–Crippen MR) is 100 cm³/mol. The highest BCUT2D eigenvalue weighted by atomic mass is 32.2. The number of carbonyl (C=O) groups is 1. The Balaban J connectivity index is 1.56. The highest BCUT2D eigenvalue weighted by Gasteiger charge is 2.41. The number of ether oxygens (including phenoxy) is 1. The van der Waals surface area contributed by atoms with Crippen molar-refractivity contribution < 1.29 is 13.7 Å². The van der Waals surface area contributed by atoms with Crippen LogP contribution in [0.4, 0.5) is 4.79 Å². The Labute approximate surface area is 152 Å². The highest BCUT2D eigenvalue weighted by molar-refractivity contribution is 7.85. The molecule has 0 spiro atoms. The number of nitrogens with one attached hydrogen (secondary N) is 1. The molecule has 2 unspecified atom stereocenters. The van der Waals surface area contributed by atoms with E-state index in [0.717, 1.165) is 31.2 Å². The van der Waals surface area contributed by atoms with Crippen LogP contribution < -0.4 is 5.32 Å². The largest absolute Gasteiger partial charge is 0.370 e. The third-order valence-electron chi connectivity index (χ3n) is 5.55. The molecule has 1 heterocycles. The van der Waals surface area contributed by atoms with Crippen LogP contribution in [0.25, 0.3) is 0 Å². The number of benzene rings is 1. The van der Waals surface area contributed by atoms with E-state index in [4.69, 9.17) is 4.74 Å². The van der Waals surface area contributed by atoms with Crippen LogP contribution >= 0.6 is 0 Å². The van der Waals surface area contributed by atoms with Crippen LogP contribution in [0.5, 0.6) is 0 Å². The molecule has 0 aromatic heterocycles. The molecule has 2 fully saturated rings. The van der Waals surface area contributed by atoms with Crippen LogP contribution in [0, 0.1) is 0 Å². The Morgan fingerprint density at radius 1 is 1.36 bits per heavy atom. The fourth-order valence-corrected chi connectivity index (χ4v) is 4.63. The molecule has 1 aromatic rings. The number of morpholine rings is 1. The number of hydrogen-bond acceptors (Lipinski definition) is 3. The molecule has 25 heavy (non-hydrogen) atoms. The summed E-state index contributed by atoms with van der Waals surface area (Å²) in [4.78, 5) is 14.4. The van der Waals surface area contributed by atoms with Crippen LogP contribution in [-0.2, 0) is 22.0 Å². The van der Waals surface area contributed by atoms with E-state index in [1.807, 2.05) is 4.90 Å². The first-order chi connectivity index (χ1) is 12.0. The standard InChI is InChI=1S/C19H28N2O3S/c1-3-15-5-7-16(8-6-15)17-13-21(11-12-24-17)18(22)20-14-19(25(2)23)9-4-10-19/h5-8,17H,3-4,9-14H2,1-2H3,(H,20,22). The Bertz CT molecular complexity index is 628. The van der Waals surface area contributed by atoms with Gasteiger partial charge in [-0.3, -0.25) is 4.21 Å². The second-order valence-corrected chi connectivity index (χ2v) is 8.82. The van der Waals surface area contributed by atoms with Gasteiger partial charge in [0.1, 0.15) is 6.10 Å². The second kappa shape index (κ2) is 7.87. The number of carbonyl (C=O) groups excluding carboxylic acids is 1. The summed E-state index contributed by atoms with van der Waals surface area (Å²) in [7, 11) is -0.901. The van der Waals surface area contributed by atoms with E-state index in [1.165, 1.54) is 5.56 Å². The minimum atomic E-state index is -0.901. The quantitative estimate of drug-likeness (QED) is 0.874. The topological polar surface area (TPSA) is 58.6 Å². The summed E-state index contributed by atoms with van der Waals surface area (Å²) in [5, 5.41) is 3.01. The van der Waals surface area contributed by atoms with Crippen molar-refractivity contribution in [3.63, 3.8) is 0 Å². The van der Waals surface area contributed by atoms with Crippen molar-refractivity contribution >= 4 is 16.8 Å². The zero-order valence-corrected chi connectivity index (χ0v) is 15.9. The smallest absolute Gasteiger partial charge is 0.317 e. The monoisotopic (exact) mass is 364 g/mol. The van der Waals surface area contributed by atoms with E-state index in [0.29, 0.717) is 26.2 Å². The number of aryl methyl sites for hydroxylation is 1. The van der Waals surface area contributed by atoms with Crippen LogP contribution in [0.15, 0.2) is 24.3 Å². The Morgan fingerprint density at radius 2 is 2.08 bits per heavy atom. The van der Waals surface area contributed by atoms with Gasteiger partial charge in [-0.1, -0.05) is 37.6 Å². The van der Waals surface area contributed by atoms with Gasteiger partial charge in [0.15, 0.2) is 0 Å². The number of amides is 2. The maximum atomic E-state index is 12.5. The van der Waals surface area contributed by atoms with Crippen molar-refractivity contribution in [2.75, 3.05) is 32.5 Å². The molecule has 2 amide bonds. The molecule has 0 bridgehead atoms. The fraction of sp³-hybridized carbons (Fsp3) is 0.632. The molecule has 3 rings (SSSR count). The maximum absolute atomic E-state index is 12.5. The molecular weight excluding hydrogens is 336 g/mol. The first kappa shape index (κ1) is 18.4. The summed E-state index contributed by atoms with van der Waals surface area (Å²) >= 11 is 0. The number of urea groups is 1. The van der Waals surface area contributed by atoms with Crippen LogP contribution in [0.1, 0.15) is 43.4 Å². The summed E-state index contributed by atoms with van der Waals surface area (Å²) < 4.78 is 17.6. The third kappa shape index (κ3) is 4.06. The zero-order valence-electron chi connectivity index (χ0n) is 15.1. The van der Waals surface area contributed by atoms with Gasteiger partial charge in [0.2, 0.25) is 0 Å². The van der Waals surface area contributed by atoms with E-state index in [-0.39, 0.29) is 16.9 Å². The molecule has 1 N–H and O–H groups in total. The lowest BCUT2D eigenvalue weighted by Gasteiger charge is -2.41. The lowest BCUT2D eigenvalue weighted by molar-refractivity contribution is -0.0155. The second-order valence-electron chi connectivity index (χ2n) is 7.05. The van der Waals surface area contributed by atoms with Gasteiger partial charge >= 0.3 is 6.03 Å². The van der Waals surface area contributed by atoms with Crippen LogP contribution in [-0.4, -0.2) is 52.4 Å². The SMILES string of the molecule is CCc1ccc(C2CN(C(=O)NCC3(S(C)=O)CCC3)CCO2)cc1. The molecular formula is C19H28N2O3S. The van der Waals surface area contributed by atoms with Gasteiger partial charge in [-0.25, -0.2) is 4.79 Å². The van der Waals surface area contributed by atoms with Gasteiger partial charge < -0.3 is 15.0 Å². The van der Waals surface area contributed by atoms with Crippen molar-refractivity contribution in [2.45, 2.75) is 43.5 Å². The maximum Gasteiger partial charge on any atom is 0.317 e. The summed E-state index contributed by atoms with van der Waals surface area (Å²) in [5.41, 5.74) is 2.41. The molecule has 1 aliphatic heterocycles. The van der Waals surface area contributed by atoms with Gasteiger partial charge in [-0.15, -0.1) is 0 Å². The van der Waals surface area contributed by atoms with Crippen molar-refractivity contribution in [1.82, 2.24) is 10.2 Å². The molecule has 2 aliphatic rings. The lowest BCUT2D eigenvalue weighted by Crippen LogP contribution is -2.54. The van der Waals surface area contributed by atoms with Gasteiger partial charge in [0, 0.05) is 30.1 Å². The first-order valence-corrected chi connectivity index (χ1v) is 10.7. The summed E-state index contributed by atoms with van der Waals surface area (Å²) in [6.45, 7) is 4.33. The van der Waals surface area contributed by atoms with Gasteiger partial charge in [0.25, 0.3) is 0 Å². The van der Waals surface area contributed by atoms with E-state index >= 15 is 0 Å². The average molecular weight is 365 g/mol. The summed E-state index contributed by atoms with van der Waals surface area (Å²) in [5.74, 6) is 0. The average Bonchev–Trinajstić information content (AvgIpc) is 2.60. The van der Waals surface area contributed by atoms with Crippen LogP contribution in [0.2, 0.25) is 0 Å². The molecule has 1 saturated heterocycles. The van der Waals surface area contributed by atoms with E-state index in [1.54, 1.807) is 6.26 Å². The highest BCUT2D eigenvalue weighted by Crippen LogP contribution is 2.36. The Hall–Kier alpha value is -1.40. The molecule has 5 nitrogen and oxygen atoms in total. The number of rotatable bonds is 5. The molecule has 1 aliphatic carbocycles. The molecule has 0 radical (unpaired) electrons. The summed E-state index contributed by atoms with van der Waals surface area (Å²) in [6.07, 6.45) is 5.65. The summed E-state index contributed by atoms with van der Waals surface area (Å²) in [6, 6.07) is 8.35. The van der Waals surface area contributed by atoms with Crippen LogP contribution in [0.3, 0.4) is 0 Å². The van der Waals surface area contributed by atoms with Crippen molar-refractivity contribution in [3.8, 4) is 0 Å². The Morgan fingerprint density at radius 3 is 2.64 bits per heavy atom. The fourth-order valence-electron chi connectivity index (χ4n) is 3.49. The Kier molecular flexibility index (Phi) is 5.79. The van der Waals surface area contributed by atoms with Crippen molar-refractivity contribution in [3.05, 3.63) is 35.4 Å². The van der Waals surface area contributed by atoms with E-state index in [9.17, 15) is 9.00 Å². The lowest BCUT2D eigenvalue weighted by atomic mass is 9.84. The molecule has 1 saturated carbocycles.